The highest BCUT2D eigenvalue weighted by atomic mass is 32.1. The molecule has 4 aromatic rings. The Morgan fingerprint density at radius 3 is 2.69 bits per heavy atom. The van der Waals surface area contributed by atoms with Crippen LogP contribution in [0.3, 0.4) is 0 Å². The summed E-state index contributed by atoms with van der Waals surface area (Å²) in [7, 11) is 0. The molecule has 0 spiro atoms. The lowest BCUT2D eigenvalue weighted by Crippen LogP contribution is -2.39. The molecule has 2 fully saturated rings. The van der Waals surface area contributed by atoms with E-state index in [2.05, 4.69) is 67.9 Å². The zero-order valence-corrected chi connectivity index (χ0v) is 21.3. The van der Waals surface area contributed by atoms with Crippen LogP contribution in [0.1, 0.15) is 31.4 Å². The summed E-state index contributed by atoms with van der Waals surface area (Å²) in [5.74, 6) is 0.0152. The first-order chi connectivity index (χ1) is 17.7. The minimum absolute atomic E-state index is 0.0152. The molecule has 186 valence electrons. The summed E-state index contributed by atoms with van der Waals surface area (Å²) in [6.45, 7) is 6.52. The third-order valence-corrected chi connectivity index (χ3v) is 8.09. The van der Waals surface area contributed by atoms with Crippen molar-refractivity contribution >= 4 is 39.5 Å². The topological polar surface area (TPSA) is 73.5 Å². The van der Waals surface area contributed by atoms with Gasteiger partial charge in [0.15, 0.2) is 0 Å². The van der Waals surface area contributed by atoms with Gasteiger partial charge in [0.2, 0.25) is 5.91 Å². The summed E-state index contributed by atoms with van der Waals surface area (Å²) in [5.41, 5.74) is 5.93. The molecule has 0 radical (unpaired) electrons. The van der Waals surface area contributed by atoms with Crippen LogP contribution in [-0.4, -0.2) is 59.9 Å². The van der Waals surface area contributed by atoms with E-state index in [1.807, 2.05) is 23.6 Å². The first-order valence-corrected chi connectivity index (χ1v) is 13.6. The molecule has 2 saturated heterocycles. The Bertz CT molecular complexity index is 1330. The highest BCUT2D eigenvalue weighted by molar-refractivity contribution is 7.08. The minimum atomic E-state index is -0.277. The summed E-state index contributed by atoms with van der Waals surface area (Å²) >= 11 is 1.64. The standard InChI is InChI=1S/C28H31N5O2S/c1-19-3-2-11-33(19)27(21-10-16-36-18-21)28(34)29-22-6-9-25-24(17-22)26(31-30-25)20-4-7-23(8-5-20)32-12-14-35-15-13-32/h4-10,16-19,27H,2-3,11-15H2,1H3,(H,29,34)(H,30,31)/t19-,27-/m0/s1. The Labute approximate surface area is 215 Å². The summed E-state index contributed by atoms with van der Waals surface area (Å²) in [6, 6.07) is 16.7. The van der Waals surface area contributed by atoms with Gasteiger partial charge in [0.25, 0.3) is 0 Å². The molecule has 2 aliphatic heterocycles. The first kappa shape index (κ1) is 23.2. The molecular weight excluding hydrogens is 470 g/mol. The molecule has 1 amide bonds. The number of amides is 1. The van der Waals surface area contributed by atoms with Gasteiger partial charge in [-0.3, -0.25) is 14.8 Å². The van der Waals surface area contributed by atoms with Crippen molar-refractivity contribution in [1.82, 2.24) is 15.1 Å². The van der Waals surface area contributed by atoms with Crippen molar-refractivity contribution in [2.24, 2.45) is 0 Å². The van der Waals surface area contributed by atoms with Crippen LogP contribution < -0.4 is 10.2 Å². The van der Waals surface area contributed by atoms with Gasteiger partial charge in [-0.2, -0.15) is 16.4 Å². The van der Waals surface area contributed by atoms with Crippen LogP contribution in [0, 0.1) is 0 Å². The molecule has 6 rings (SSSR count). The van der Waals surface area contributed by atoms with Gasteiger partial charge in [-0.05, 0) is 79.0 Å². The third-order valence-electron chi connectivity index (χ3n) is 7.39. The summed E-state index contributed by atoms with van der Waals surface area (Å²) in [6.07, 6.45) is 2.26. The largest absolute Gasteiger partial charge is 0.378 e. The lowest BCUT2D eigenvalue weighted by atomic mass is 10.1. The predicted octanol–water partition coefficient (Wildman–Crippen LogP) is 5.29. The highest BCUT2D eigenvalue weighted by Gasteiger charge is 2.34. The van der Waals surface area contributed by atoms with Crippen molar-refractivity contribution in [1.29, 1.82) is 0 Å². The van der Waals surface area contributed by atoms with Crippen LogP contribution in [0.25, 0.3) is 22.2 Å². The number of nitrogens with zero attached hydrogens (tertiary/aromatic N) is 3. The molecule has 2 atom stereocenters. The molecule has 0 saturated carbocycles. The van der Waals surface area contributed by atoms with E-state index in [-0.39, 0.29) is 11.9 Å². The van der Waals surface area contributed by atoms with E-state index in [0.717, 1.165) is 79.1 Å². The number of fused-ring (bicyclic) bond motifs is 1. The van der Waals surface area contributed by atoms with Gasteiger partial charge in [-0.25, -0.2) is 0 Å². The van der Waals surface area contributed by atoms with E-state index in [1.165, 1.54) is 5.69 Å². The Morgan fingerprint density at radius 1 is 1.14 bits per heavy atom. The number of benzene rings is 2. The van der Waals surface area contributed by atoms with Gasteiger partial charge >= 0.3 is 0 Å². The summed E-state index contributed by atoms with van der Waals surface area (Å²) < 4.78 is 5.47. The van der Waals surface area contributed by atoms with Gasteiger partial charge in [-0.15, -0.1) is 0 Å². The van der Waals surface area contributed by atoms with Crippen LogP contribution in [0.2, 0.25) is 0 Å². The maximum Gasteiger partial charge on any atom is 0.246 e. The normalized spacial score (nSPS) is 19.6. The van der Waals surface area contributed by atoms with E-state index in [4.69, 9.17) is 4.74 Å². The van der Waals surface area contributed by atoms with Crippen molar-refractivity contribution in [3.63, 3.8) is 0 Å². The van der Waals surface area contributed by atoms with Crippen molar-refractivity contribution < 1.29 is 9.53 Å². The predicted molar refractivity (Wildman–Crippen MR) is 146 cm³/mol. The van der Waals surface area contributed by atoms with E-state index >= 15 is 0 Å². The number of carbonyl (C=O) groups is 1. The maximum atomic E-state index is 13.6. The Kier molecular flexibility index (Phi) is 6.48. The van der Waals surface area contributed by atoms with Crippen molar-refractivity contribution in [2.45, 2.75) is 31.8 Å². The number of hydrogen-bond donors (Lipinski definition) is 2. The number of aromatic amines is 1. The molecule has 0 bridgehead atoms. The molecular formula is C28H31N5O2S. The molecule has 2 aromatic heterocycles. The van der Waals surface area contributed by atoms with Crippen molar-refractivity contribution in [3.05, 3.63) is 64.9 Å². The second-order valence-corrected chi connectivity index (χ2v) is 10.4. The number of H-pyrrole nitrogens is 1. The SMILES string of the molecule is C[C@H]1CCCN1[C@H](C(=O)Nc1ccc2[nH]nc(-c3ccc(N4CCOCC4)cc3)c2c1)c1ccsc1. The molecule has 2 aliphatic rings. The Balaban J connectivity index is 1.25. The number of nitrogens with one attached hydrogen (secondary N) is 2. The molecule has 7 nitrogen and oxygen atoms in total. The molecule has 0 unspecified atom stereocenters. The van der Waals surface area contributed by atoms with Crippen LogP contribution in [0.5, 0.6) is 0 Å². The quantitative estimate of drug-likeness (QED) is 0.376. The van der Waals surface area contributed by atoms with Crippen LogP contribution in [0.4, 0.5) is 11.4 Å². The number of carbonyl (C=O) groups excluding carboxylic acids is 1. The number of anilines is 2. The maximum absolute atomic E-state index is 13.6. The molecule has 8 heteroatoms. The number of ether oxygens (including phenoxy) is 1. The number of morpholine rings is 1. The second-order valence-electron chi connectivity index (χ2n) is 9.66. The highest BCUT2D eigenvalue weighted by Crippen LogP contribution is 2.33. The van der Waals surface area contributed by atoms with E-state index in [1.54, 1.807) is 11.3 Å². The van der Waals surface area contributed by atoms with Gasteiger partial charge in [0, 0.05) is 41.5 Å². The van der Waals surface area contributed by atoms with Gasteiger partial charge in [-0.1, -0.05) is 12.1 Å². The number of thiophene rings is 1. The Hall–Kier alpha value is -3.20. The van der Waals surface area contributed by atoms with Crippen molar-refractivity contribution in [3.8, 4) is 11.3 Å². The lowest BCUT2D eigenvalue weighted by Gasteiger charge is -2.30. The monoisotopic (exact) mass is 501 g/mol. The number of rotatable bonds is 6. The zero-order valence-electron chi connectivity index (χ0n) is 20.4. The van der Waals surface area contributed by atoms with Crippen LogP contribution >= 0.6 is 11.3 Å². The summed E-state index contributed by atoms with van der Waals surface area (Å²) in [4.78, 5) is 18.2. The Morgan fingerprint density at radius 2 is 1.97 bits per heavy atom. The van der Waals surface area contributed by atoms with E-state index < -0.39 is 0 Å². The molecule has 0 aliphatic carbocycles. The number of hydrogen-bond acceptors (Lipinski definition) is 6. The number of aromatic nitrogens is 2. The average molecular weight is 502 g/mol. The van der Waals surface area contributed by atoms with E-state index in [9.17, 15) is 4.79 Å². The van der Waals surface area contributed by atoms with Crippen molar-refractivity contribution in [2.75, 3.05) is 43.1 Å². The molecule has 2 N–H and O–H groups in total. The molecule has 2 aromatic carbocycles. The second kappa shape index (κ2) is 10.0. The average Bonchev–Trinajstić information content (AvgIpc) is 3.67. The van der Waals surface area contributed by atoms with E-state index in [0.29, 0.717) is 6.04 Å². The minimum Gasteiger partial charge on any atom is -0.378 e. The fourth-order valence-electron chi connectivity index (χ4n) is 5.44. The van der Waals surface area contributed by atoms with Crippen LogP contribution in [-0.2, 0) is 9.53 Å². The molecule has 36 heavy (non-hydrogen) atoms. The van der Waals surface area contributed by atoms with Gasteiger partial charge in [0.1, 0.15) is 6.04 Å². The number of likely N-dealkylation sites (tertiary alicyclic amines) is 1. The van der Waals surface area contributed by atoms with Gasteiger partial charge in [0.05, 0.1) is 24.4 Å². The zero-order chi connectivity index (χ0) is 24.5. The fraction of sp³-hybridized carbons (Fsp3) is 0.357. The smallest absolute Gasteiger partial charge is 0.246 e. The molecule has 4 heterocycles. The third kappa shape index (κ3) is 4.52. The first-order valence-electron chi connectivity index (χ1n) is 12.7. The van der Waals surface area contributed by atoms with Crippen LogP contribution in [0.15, 0.2) is 59.3 Å². The van der Waals surface area contributed by atoms with Gasteiger partial charge < -0.3 is 15.0 Å². The lowest BCUT2D eigenvalue weighted by molar-refractivity contribution is -0.121. The summed E-state index contributed by atoms with van der Waals surface area (Å²) in [5, 5.41) is 16.1. The fourth-order valence-corrected chi connectivity index (χ4v) is 6.12.